The van der Waals surface area contributed by atoms with Gasteiger partial charge in [0.2, 0.25) is 0 Å². The molecular formula is C22H21N3O5S. The van der Waals surface area contributed by atoms with Gasteiger partial charge in [0.05, 0.1) is 23.2 Å². The van der Waals surface area contributed by atoms with Crippen LogP contribution in [0.15, 0.2) is 54.6 Å². The molecule has 160 valence electrons. The second kappa shape index (κ2) is 7.73. The Hall–Kier alpha value is -3.33. The molecule has 1 atom stereocenters. The Morgan fingerprint density at radius 1 is 1.03 bits per heavy atom. The number of amides is 1. The van der Waals surface area contributed by atoms with Gasteiger partial charge in [-0.3, -0.25) is 9.48 Å². The molecule has 8 nitrogen and oxygen atoms in total. The monoisotopic (exact) mass is 439 g/mol. The molecule has 0 aliphatic carbocycles. The summed E-state index contributed by atoms with van der Waals surface area (Å²) in [6.07, 6.45) is 0.479. The summed E-state index contributed by atoms with van der Waals surface area (Å²) < 4.78 is 36.8. The maximum Gasteiger partial charge on any atom is 0.276 e. The first kappa shape index (κ1) is 19.6. The number of ether oxygens (including phenoxy) is 2. The molecular weight excluding hydrogens is 418 g/mol. The summed E-state index contributed by atoms with van der Waals surface area (Å²) in [5.41, 5.74) is 2.37. The van der Waals surface area contributed by atoms with Crippen molar-refractivity contribution in [1.82, 2.24) is 9.78 Å². The fourth-order valence-electron chi connectivity index (χ4n) is 3.89. The van der Waals surface area contributed by atoms with Crippen LogP contribution in [-0.2, 0) is 9.84 Å². The summed E-state index contributed by atoms with van der Waals surface area (Å²) in [7, 11) is -3.10. The van der Waals surface area contributed by atoms with Crippen LogP contribution in [0.1, 0.15) is 23.0 Å². The number of aromatic nitrogens is 2. The number of carbonyl (C=O) groups excluding carboxylic acids is 1. The summed E-state index contributed by atoms with van der Waals surface area (Å²) in [6.45, 7) is 0.953. The molecule has 9 heteroatoms. The SMILES string of the molecule is O=C(Nc1ccc2c(c1)OCCO2)c1cc(-c2ccccc2)n(C2CCS(=O)(=O)C2)n1. The highest BCUT2D eigenvalue weighted by atomic mass is 32.2. The van der Waals surface area contributed by atoms with Crippen LogP contribution >= 0.6 is 0 Å². The standard InChI is InChI=1S/C22H21N3O5S/c26-22(23-16-6-7-20-21(12-16)30-10-9-29-20)18-13-19(15-4-2-1-3-5-15)25(24-18)17-8-11-31(27,28)14-17/h1-7,12-13,17H,8-11,14H2,(H,23,26). The van der Waals surface area contributed by atoms with E-state index >= 15 is 0 Å². The van der Waals surface area contributed by atoms with Crippen LogP contribution in [0.3, 0.4) is 0 Å². The fraction of sp³-hybridized carbons (Fsp3) is 0.273. The van der Waals surface area contributed by atoms with Gasteiger partial charge < -0.3 is 14.8 Å². The highest BCUT2D eigenvalue weighted by molar-refractivity contribution is 7.91. The zero-order chi connectivity index (χ0) is 21.4. The van der Waals surface area contributed by atoms with Gasteiger partial charge in [0.25, 0.3) is 5.91 Å². The van der Waals surface area contributed by atoms with Gasteiger partial charge in [-0.15, -0.1) is 0 Å². The number of hydrogen-bond donors (Lipinski definition) is 1. The van der Waals surface area contributed by atoms with E-state index in [9.17, 15) is 13.2 Å². The first-order valence-electron chi connectivity index (χ1n) is 10.0. The van der Waals surface area contributed by atoms with E-state index < -0.39 is 9.84 Å². The Balaban J connectivity index is 1.46. The van der Waals surface area contributed by atoms with Crippen LogP contribution in [-0.4, -0.2) is 48.8 Å². The zero-order valence-corrected chi connectivity index (χ0v) is 17.5. The topological polar surface area (TPSA) is 99.5 Å². The van der Waals surface area contributed by atoms with Crippen molar-refractivity contribution < 1.29 is 22.7 Å². The third-order valence-corrected chi connectivity index (χ3v) is 7.14. The molecule has 31 heavy (non-hydrogen) atoms. The van der Waals surface area contributed by atoms with Gasteiger partial charge in [-0.05, 0) is 30.2 Å². The molecule has 2 aliphatic rings. The molecule has 0 radical (unpaired) electrons. The Kier molecular flexibility index (Phi) is 4.90. The first-order valence-corrected chi connectivity index (χ1v) is 11.9. The maximum absolute atomic E-state index is 12.9. The largest absolute Gasteiger partial charge is 0.486 e. The van der Waals surface area contributed by atoms with E-state index in [2.05, 4.69) is 10.4 Å². The lowest BCUT2D eigenvalue weighted by Gasteiger charge is -2.18. The molecule has 1 fully saturated rings. The van der Waals surface area contributed by atoms with Crippen LogP contribution in [0.2, 0.25) is 0 Å². The first-order chi connectivity index (χ1) is 15.0. The molecule has 3 heterocycles. The molecule has 0 bridgehead atoms. The van der Waals surface area contributed by atoms with Gasteiger partial charge in [-0.2, -0.15) is 5.10 Å². The fourth-order valence-corrected chi connectivity index (χ4v) is 5.58. The third-order valence-electron chi connectivity index (χ3n) is 5.39. The van der Waals surface area contributed by atoms with Crippen molar-refractivity contribution in [3.63, 3.8) is 0 Å². The van der Waals surface area contributed by atoms with Crippen molar-refractivity contribution in [1.29, 1.82) is 0 Å². The van der Waals surface area contributed by atoms with Crippen LogP contribution in [0, 0.1) is 0 Å². The van der Waals surface area contributed by atoms with Gasteiger partial charge in [0.15, 0.2) is 27.0 Å². The number of carbonyl (C=O) groups is 1. The maximum atomic E-state index is 12.9. The zero-order valence-electron chi connectivity index (χ0n) is 16.7. The molecule has 0 spiro atoms. The van der Waals surface area contributed by atoms with E-state index in [4.69, 9.17) is 9.47 Å². The Labute approximate surface area is 179 Å². The van der Waals surface area contributed by atoms with Crippen molar-refractivity contribution >= 4 is 21.4 Å². The lowest BCUT2D eigenvalue weighted by molar-refractivity contribution is 0.102. The average molecular weight is 439 g/mol. The Morgan fingerprint density at radius 2 is 1.81 bits per heavy atom. The third kappa shape index (κ3) is 4.00. The number of hydrogen-bond acceptors (Lipinski definition) is 6. The lowest BCUT2D eigenvalue weighted by atomic mass is 10.1. The number of fused-ring (bicyclic) bond motifs is 1. The number of nitrogens with zero attached hydrogens (tertiary/aromatic N) is 2. The second-order valence-corrected chi connectivity index (χ2v) is 9.82. The van der Waals surface area contributed by atoms with Gasteiger partial charge in [-0.25, -0.2) is 8.42 Å². The minimum absolute atomic E-state index is 0.0255. The summed E-state index contributed by atoms with van der Waals surface area (Å²) in [5.74, 6) is 0.994. The minimum Gasteiger partial charge on any atom is -0.486 e. The van der Waals surface area contributed by atoms with E-state index in [1.807, 2.05) is 30.3 Å². The molecule has 1 saturated heterocycles. The molecule has 2 aliphatic heterocycles. The highest BCUT2D eigenvalue weighted by Gasteiger charge is 2.32. The van der Waals surface area contributed by atoms with Gasteiger partial charge in [0, 0.05) is 11.8 Å². The van der Waals surface area contributed by atoms with Crippen LogP contribution < -0.4 is 14.8 Å². The van der Waals surface area contributed by atoms with E-state index in [0.717, 1.165) is 11.3 Å². The number of rotatable bonds is 4. The second-order valence-electron chi connectivity index (χ2n) is 7.59. The number of benzene rings is 2. The lowest BCUT2D eigenvalue weighted by Crippen LogP contribution is -2.17. The Bertz CT molecular complexity index is 1240. The van der Waals surface area contributed by atoms with Crippen LogP contribution in [0.25, 0.3) is 11.3 Å². The van der Waals surface area contributed by atoms with Crippen molar-refractivity contribution in [2.45, 2.75) is 12.5 Å². The highest BCUT2D eigenvalue weighted by Crippen LogP contribution is 2.33. The minimum atomic E-state index is -3.10. The van der Waals surface area contributed by atoms with E-state index in [-0.39, 0.29) is 29.1 Å². The predicted molar refractivity (Wildman–Crippen MR) is 115 cm³/mol. The smallest absolute Gasteiger partial charge is 0.276 e. The summed E-state index contributed by atoms with van der Waals surface area (Å²) >= 11 is 0. The number of nitrogens with one attached hydrogen (secondary N) is 1. The number of sulfone groups is 1. The summed E-state index contributed by atoms with van der Waals surface area (Å²) in [6, 6.07) is 16.1. The predicted octanol–water partition coefficient (Wildman–Crippen LogP) is 2.93. The van der Waals surface area contributed by atoms with Crippen LogP contribution in [0.5, 0.6) is 11.5 Å². The van der Waals surface area contributed by atoms with Gasteiger partial charge in [-0.1, -0.05) is 30.3 Å². The molecule has 1 amide bonds. The molecule has 0 saturated carbocycles. The summed E-state index contributed by atoms with van der Waals surface area (Å²) in [5, 5.41) is 7.34. The van der Waals surface area contributed by atoms with E-state index in [0.29, 0.717) is 36.8 Å². The van der Waals surface area contributed by atoms with Crippen molar-refractivity contribution in [2.75, 3.05) is 30.0 Å². The number of anilines is 1. The molecule has 1 N–H and O–H groups in total. The van der Waals surface area contributed by atoms with E-state index in [1.165, 1.54) is 0 Å². The van der Waals surface area contributed by atoms with E-state index in [1.54, 1.807) is 28.9 Å². The average Bonchev–Trinajstić information content (AvgIpc) is 3.38. The van der Waals surface area contributed by atoms with Crippen molar-refractivity contribution in [3.8, 4) is 22.8 Å². The molecule has 2 aromatic carbocycles. The normalized spacial score (nSPS) is 19.2. The summed E-state index contributed by atoms with van der Waals surface area (Å²) in [4.78, 5) is 12.9. The molecule has 5 rings (SSSR count). The quantitative estimate of drug-likeness (QED) is 0.671. The molecule has 1 aromatic heterocycles. The van der Waals surface area contributed by atoms with Crippen molar-refractivity contribution in [2.24, 2.45) is 0 Å². The van der Waals surface area contributed by atoms with Crippen LogP contribution in [0.4, 0.5) is 5.69 Å². The van der Waals surface area contributed by atoms with Crippen molar-refractivity contribution in [3.05, 3.63) is 60.3 Å². The Morgan fingerprint density at radius 3 is 2.55 bits per heavy atom. The van der Waals surface area contributed by atoms with Gasteiger partial charge >= 0.3 is 0 Å². The molecule has 1 unspecified atom stereocenters. The van der Waals surface area contributed by atoms with Gasteiger partial charge in [0.1, 0.15) is 13.2 Å². The molecule has 3 aromatic rings.